The van der Waals surface area contributed by atoms with Crippen molar-refractivity contribution in [2.45, 2.75) is 25.4 Å². The van der Waals surface area contributed by atoms with Crippen molar-refractivity contribution in [3.05, 3.63) is 24.2 Å². The second-order valence-corrected chi connectivity index (χ2v) is 3.94. The van der Waals surface area contributed by atoms with Gasteiger partial charge in [-0.15, -0.1) is 0 Å². The molecule has 0 spiro atoms. The molecule has 1 aromatic heterocycles. The molecule has 84 valence electrons. The number of nitrogens with one attached hydrogen (secondary N) is 1. The minimum atomic E-state index is -0.554. The van der Waals surface area contributed by atoms with Gasteiger partial charge in [0.25, 0.3) is 0 Å². The molecular formula is C11H18N2O2. The Hall–Kier alpha value is -0.840. The molecular weight excluding hydrogens is 192 g/mol. The fraction of sp³-hybridized carbons (Fsp3) is 0.636. The maximum atomic E-state index is 9.76. The SMILES string of the molecule is OC(CNN1CCCCC1)c1ccco1. The number of nitrogens with zero attached hydrogens (tertiary/aromatic N) is 1. The lowest BCUT2D eigenvalue weighted by Crippen LogP contribution is -2.43. The van der Waals surface area contributed by atoms with Gasteiger partial charge in [0, 0.05) is 19.6 Å². The summed E-state index contributed by atoms with van der Waals surface area (Å²) in [6, 6.07) is 3.59. The molecule has 0 amide bonds. The van der Waals surface area contributed by atoms with E-state index in [2.05, 4.69) is 10.4 Å². The summed E-state index contributed by atoms with van der Waals surface area (Å²) in [5.41, 5.74) is 3.23. The Morgan fingerprint density at radius 3 is 2.87 bits per heavy atom. The topological polar surface area (TPSA) is 48.6 Å². The van der Waals surface area contributed by atoms with Crippen LogP contribution in [-0.2, 0) is 0 Å². The minimum Gasteiger partial charge on any atom is -0.467 e. The van der Waals surface area contributed by atoms with Crippen LogP contribution in [0.15, 0.2) is 22.8 Å². The van der Waals surface area contributed by atoms with Crippen molar-refractivity contribution >= 4 is 0 Å². The van der Waals surface area contributed by atoms with Crippen molar-refractivity contribution in [3.63, 3.8) is 0 Å². The number of hydrazine groups is 1. The third-order valence-electron chi connectivity index (χ3n) is 2.74. The number of hydrogen-bond acceptors (Lipinski definition) is 4. The van der Waals surface area contributed by atoms with E-state index in [1.54, 1.807) is 18.4 Å². The number of hydrogen-bond donors (Lipinski definition) is 2. The average molecular weight is 210 g/mol. The molecule has 4 nitrogen and oxygen atoms in total. The molecule has 1 aromatic rings. The second kappa shape index (κ2) is 5.30. The van der Waals surface area contributed by atoms with Crippen LogP contribution >= 0.6 is 0 Å². The van der Waals surface area contributed by atoms with Crippen molar-refractivity contribution in [1.29, 1.82) is 0 Å². The highest BCUT2D eigenvalue weighted by molar-refractivity contribution is 5.01. The standard InChI is InChI=1S/C11H18N2O2/c14-10(11-5-4-8-15-11)9-12-13-6-2-1-3-7-13/h4-5,8,10,12,14H,1-3,6-7,9H2. The molecule has 0 saturated carbocycles. The Labute approximate surface area is 89.8 Å². The second-order valence-electron chi connectivity index (χ2n) is 3.94. The van der Waals surface area contributed by atoms with E-state index in [-0.39, 0.29) is 0 Å². The molecule has 1 saturated heterocycles. The lowest BCUT2D eigenvalue weighted by molar-refractivity contribution is 0.0879. The Balaban J connectivity index is 1.73. The molecule has 0 bridgehead atoms. The summed E-state index contributed by atoms with van der Waals surface area (Å²) < 4.78 is 5.13. The van der Waals surface area contributed by atoms with Crippen molar-refractivity contribution in [1.82, 2.24) is 10.4 Å². The van der Waals surface area contributed by atoms with Gasteiger partial charge in [0.2, 0.25) is 0 Å². The lowest BCUT2D eigenvalue weighted by atomic mass is 10.2. The van der Waals surface area contributed by atoms with E-state index in [0.717, 1.165) is 13.1 Å². The third-order valence-corrected chi connectivity index (χ3v) is 2.74. The highest BCUT2D eigenvalue weighted by Crippen LogP contribution is 2.12. The van der Waals surface area contributed by atoms with Gasteiger partial charge in [-0.1, -0.05) is 6.42 Å². The molecule has 2 heterocycles. The Morgan fingerprint density at radius 2 is 2.20 bits per heavy atom. The zero-order chi connectivity index (χ0) is 10.5. The molecule has 0 radical (unpaired) electrons. The maximum Gasteiger partial charge on any atom is 0.133 e. The monoisotopic (exact) mass is 210 g/mol. The quantitative estimate of drug-likeness (QED) is 0.786. The van der Waals surface area contributed by atoms with Crippen LogP contribution in [0.5, 0.6) is 0 Å². The number of rotatable bonds is 4. The smallest absolute Gasteiger partial charge is 0.133 e. The van der Waals surface area contributed by atoms with Crippen LogP contribution in [0.1, 0.15) is 31.1 Å². The van der Waals surface area contributed by atoms with Crippen molar-refractivity contribution in [2.24, 2.45) is 0 Å². The average Bonchev–Trinajstić information content (AvgIpc) is 2.81. The van der Waals surface area contributed by atoms with Gasteiger partial charge in [0.1, 0.15) is 11.9 Å². The number of piperidine rings is 1. The van der Waals surface area contributed by atoms with Gasteiger partial charge in [-0.05, 0) is 25.0 Å². The predicted molar refractivity (Wildman–Crippen MR) is 57.1 cm³/mol. The predicted octanol–water partition coefficient (Wildman–Crippen LogP) is 1.30. The number of aliphatic hydroxyl groups excluding tert-OH is 1. The van der Waals surface area contributed by atoms with E-state index in [9.17, 15) is 5.11 Å². The van der Waals surface area contributed by atoms with E-state index < -0.39 is 6.10 Å². The third kappa shape index (κ3) is 3.06. The summed E-state index contributed by atoms with van der Waals surface area (Å²) in [4.78, 5) is 0. The summed E-state index contributed by atoms with van der Waals surface area (Å²) in [7, 11) is 0. The van der Waals surface area contributed by atoms with Gasteiger partial charge in [-0.25, -0.2) is 5.01 Å². The lowest BCUT2D eigenvalue weighted by Gasteiger charge is -2.27. The first kappa shape index (κ1) is 10.7. The molecule has 1 atom stereocenters. The first-order valence-electron chi connectivity index (χ1n) is 5.56. The Morgan fingerprint density at radius 1 is 1.40 bits per heavy atom. The van der Waals surface area contributed by atoms with Gasteiger partial charge in [0.15, 0.2) is 0 Å². The van der Waals surface area contributed by atoms with E-state index in [4.69, 9.17) is 4.42 Å². The van der Waals surface area contributed by atoms with Crippen LogP contribution < -0.4 is 5.43 Å². The summed E-state index contributed by atoms with van der Waals surface area (Å²) in [5.74, 6) is 0.625. The van der Waals surface area contributed by atoms with Gasteiger partial charge in [-0.2, -0.15) is 0 Å². The van der Waals surface area contributed by atoms with Crippen molar-refractivity contribution in [2.75, 3.05) is 19.6 Å². The fourth-order valence-electron chi connectivity index (χ4n) is 1.85. The zero-order valence-corrected chi connectivity index (χ0v) is 8.85. The van der Waals surface area contributed by atoms with Gasteiger partial charge >= 0.3 is 0 Å². The molecule has 2 N–H and O–H groups in total. The highest BCUT2D eigenvalue weighted by atomic mass is 16.4. The molecule has 1 aliphatic rings. The molecule has 1 unspecified atom stereocenters. The highest BCUT2D eigenvalue weighted by Gasteiger charge is 2.13. The van der Waals surface area contributed by atoms with Crippen LogP contribution in [0.25, 0.3) is 0 Å². The molecule has 2 rings (SSSR count). The van der Waals surface area contributed by atoms with E-state index in [0.29, 0.717) is 12.3 Å². The van der Waals surface area contributed by atoms with Crippen LogP contribution in [-0.4, -0.2) is 29.7 Å². The minimum absolute atomic E-state index is 0.521. The Bertz CT molecular complexity index is 268. The van der Waals surface area contributed by atoms with Crippen LogP contribution in [0, 0.1) is 0 Å². The molecule has 0 aliphatic carbocycles. The summed E-state index contributed by atoms with van der Waals surface area (Å²) in [6.07, 6.45) is 4.83. The van der Waals surface area contributed by atoms with Crippen molar-refractivity contribution < 1.29 is 9.52 Å². The summed E-state index contributed by atoms with van der Waals surface area (Å²) >= 11 is 0. The molecule has 0 aromatic carbocycles. The zero-order valence-electron chi connectivity index (χ0n) is 8.85. The first-order valence-corrected chi connectivity index (χ1v) is 5.56. The molecule has 15 heavy (non-hydrogen) atoms. The van der Waals surface area contributed by atoms with E-state index >= 15 is 0 Å². The van der Waals surface area contributed by atoms with Crippen LogP contribution in [0.2, 0.25) is 0 Å². The maximum absolute atomic E-state index is 9.76. The van der Waals surface area contributed by atoms with E-state index in [1.807, 2.05) is 0 Å². The number of aliphatic hydroxyl groups is 1. The van der Waals surface area contributed by atoms with E-state index in [1.165, 1.54) is 19.3 Å². The fourth-order valence-corrected chi connectivity index (χ4v) is 1.85. The van der Waals surface area contributed by atoms with Gasteiger partial charge in [0.05, 0.1) is 6.26 Å². The first-order chi connectivity index (χ1) is 7.36. The summed E-state index contributed by atoms with van der Waals surface area (Å²) in [5, 5.41) is 11.9. The largest absolute Gasteiger partial charge is 0.467 e. The van der Waals surface area contributed by atoms with Crippen molar-refractivity contribution in [3.8, 4) is 0 Å². The van der Waals surface area contributed by atoms with Gasteiger partial charge in [-0.3, -0.25) is 5.43 Å². The van der Waals surface area contributed by atoms with Crippen LogP contribution in [0.4, 0.5) is 0 Å². The molecule has 4 heteroatoms. The normalized spacial score (nSPS) is 20.3. The molecule has 1 aliphatic heterocycles. The van der Waals surface area contributed by atoms with Crippen LogP contribution in [0.3, 0.4) is 0 Å². The number of furan rings is 1. The van der Waals surface area contributed by atoms with Gasteiger partial charge < -0.3 is 9.52 Å². The summed E-state index contributed by atoms with van der Waals surface area (Å²) in [6.45, 7) is 2.67. The molecule has 1 fully saturated rings. The Kier molecular flexibility index (Phi) is 3.77.